The van der Waals surface area contributed by atoms with E-state index in [2.05, 4.69) is 32.8 Å². The van der Waals surface area contributed by atoms with Gasteiger partial charge in [-0.1, -0.05) is 6.07 Å². The van der Waals surface area contributed by atoms with Gasteiger partial charge >= 0.3 is 0 Å². The molecule has 23 heavy (non-hydrogen) atoms. The molecule has 1 atom stereocenters. The number of nitrogens with zero attached hydrogens (tertiary/aromatic N) is 4. The molecular weight excluding hydrogens is 291 g/mol. The van der Waals surface area contributed by atoms with E-state index in [0.29, 0.717) is 6.04 Å². The van der Waals surface area contributed by atoms with E-state index in [9.17, 15) is 4.39 Å². The Bertz CT molecular complexity index is 602. The van der Waals surface area contributed by atoms with Crippen LogP contribution in [0.4, 0.5) is 10.2 Å². The molecule has 0 aromatic carbocycles. The van der Waals surface area contributed by atoms with Gasteiger partial charge in [0.25, 0.3) is 0 Å². The fraction of sp³-hybridized carbons (Fsp3) is 0.444. The van der Waals surface area contributed by atoms with Gasteiger partial charge < -0.3 is 4.90 Å². The zero-order valence-corrected chi connectivity index (χ0v) is 13.5. The summed E-state index contributed by atoms with van der Waals surface area (Å²) in [7, 11) is 0. The Morgan fingerprint density at radius 1 is 1.22 bits per heavy atom. The molecule has 0 saturated carbocycles. The number of hydrogen-bond donors (Lipinski definition) is 0. The lowest BCUT2D eigenvalue weighted by Gasteiger charge is -2.40. The molecule has 2 aromatic rings. The van der Waals surface area contributed by atoms with Crippen LogP contribution in [0.25, 0.3) is 0 Å². The van der Waals surface area contributed by atoms with Crippen molar-refractivity contribution in [3.63, 3.8) is 0 Å². The first-order chi connectivity index (χ1) is 11.2. The molecular formula is C18H23FN4. The highest BCUT2D eigenvalue weighted by Gasteiger charge is 2.24. The number of aromatic nitrogens is 2. The second-order valence-corrected chi connectivity index (χ2v) is 6.14. The van der Waals surface area contributed by atoms with Gasteiger partial charge in [0.1, 0.15) is 11.6 Å². The number of aryl methyl sites for hydroxylation is 1. The van der Waals surface area contributed by atoms with Crippen molar-refractivity contribution in [3.8, 4) is 0 Å². The third-order valence-electron chi connectivity index (χ3n) is 4.38. The summed E-state index contributed by atoms with van der Waals surface area (Å²) in [5.74, 6) is 0.587. The van der Waals surface area contributed by atoms with Gasteiger partial charge in [0, 0.05) is 38.1 Å². The molecule has 0 spiro atoms. The van der Waals surface area contributed by atoms with Crippen LogP contribution in [0.3, 0.4) is 0 Å². The minimum Gasteiger partial charge on any atom is -0.351 e. The molecule has 1 aliphatic rings. The molecule has 4 nitrogen and oxygen atoms in total. The van der Waals surface area contributed by atoms with E-state index >= 15 is 0 Å². The van der Waals surface area contributed by atoms with Crippen molar-refractivity contribution in [2.45, 2.75) is 25.8 Å². The maximum Gasteiger partial charge on any atom is 0.141 e. The minimum atomic E-state index is -0.282. The van der Waals surface area contributed by atoms with Gasteiger partial charge in [-0.15, -0.1) is 0 Å². The van der Waals surface area contributed by atoms with Crippen molar-refractivity contribution in [2.75, 3.05) is 31.1 Å². The average Bonchev–Trinajstić information content (AvgIpc) is 2.57. The van der Waals surface area contributed by atoms with Crippen molar-refractivity contribution in [1.82, 2.24) is 14.9 Å². The van der Waals surface area contributed by atoms with E-state index in [4.69, 9.17) is 0 Å². The molecule has 3 rings (SSSR count). The van der Waals surface area contributed by atoms with Crippen molar-refractivity contribution >= 4 is 5.82 Å². The molecule has 1 fully saturated rings. The fourth-order valence-corrected chi connectivity index (χ4v) is 3.17. The molecule has 3 heterocycles. The van der Waals surface area contributed by atoms with Crippen molar-refractivity contribution in [1.29, 1.82) is 0 Å². The largest absolute Gasteiger partial charge is 0.351 e. The fourth-order valence-electron chi connectivity index (χ4n) is 3.17. The summed E-state index contributed by atoms with van der Waals surface area (Å²) in [6.07, 6.45) is 7.27. The lowest BCUT2D eigenvalue weighted by Crippen LogP contribution is -2.52. The third-order valence-corrected chi connectivity index (χ3v) is 4.38. The summed E-state index contributed by atoms with van der Waals surface area (Å²) in [5, 5.41) is 0. The minimum absolute atomic E-state index is 0.282. The predicted octanol–water partition coefficient (Wildman–Crippen LogP) is 2.76. The molecule has 1 saturated heterocycles. The Hall–Kier alpha value is -2.01. The second kappa shape index (κ2) is 7.51. The van der Waals surface area contributed by atoms with Crippen LogP contribution >= 0.6 is 0 Å². The number of anilines is 1. The van der Waals surface area contributed by atoms with Gasteiger partial charge in [-0.2, -0.15) is 0 Å². The zero-order valence-electron chi connectivity index (χ0n) is 13.5. The molecule has 1 aliphatic heterocycles. The van der Waals surface area contributed by atoms with Crippen LogP contribution in [0.2, 0.25) is 0 Å². The quantitative estimate of drug-likeness (QED) is 0.849. The standard InChI is InChI=1S/C18H23FN4/c1-15-14-22(9-3-5-16-4-2-8-20-12-16)10-11-23(15)18-7-6-17(19)13-21-18/h2,4,6-8,12-13,15H,3,5,9-11,14H2,1H3. The summed E-state index contributed by atoms with van der Waals surface area (Å²) in [4.78, 5) is 13.1. The van der Waals surface area contributed by atoms with Crippen LogP contribution in [0.5, 0.6) is 0 Å². The number of pyridine rings is 2. The predicted molar refractivity (Wildman–Crippen MR) is 90.0 cm³/mol. The molecule has 5 heteroatoms. The molecule has 0 N–H and O–H groups in total. The second-order valence-electron chi connectivity index (χ2n) is 6.14. The Morgan fingerprint density at radius 2 is 2.13 bits per heavy atom. The van der Waals surface area contributed by atoms with Crippen LogP contribution in [-0.2, 0) is 6.42 Å². The molecule has 0 amide bonds. The highest BCUT2D eigenvalue weighted by atomic mass is 19.1. The average molecular weight is 314 g/mol. The van der Waals surface area contributed by atoms with Gasteiger partial charge in [0.15, 0.2) is 0 Å². The monoisotopic (exact) mass is 314 g/mol. The van der Waals surface area contributed by atoms with Crippen LogP contribution in [0.1, 0.15) is 18.9 Å². The first-order valence-electron chi connectivity index (χ1n) is 8.22. The van der Waals surface area contributed by atoms with Gasteiger partial charge in [-0.3, -0.25) is 9.88 Å². The van der Waals surface area contributed by atoms with Crippen molar-refractivity contribution < 1.29 is 4.39 Å². The van der Waals surface area contributed by atoms with E-state index in [1.54, 1.807) is 6.07 Å². The zero-order chi connectivity index (χ0) is 16.1. The first kappa shape index (κ1) is 15.9. The third kappa shape index (κ3) is 4.26. The number of hydrogen-bond acceptors (Lipinski definition) is 4. The van der Waals surface area contributed by atoms with E-state index in [-0.39, 0.29) is 5.82 Å². The van der Waals surface area contributed by atoms with Gasteiger partial charge in [0.05, 0.1) is 6.20 Å². The Kier molecular flexibility index (Phi) is 5.18. The van der Waals surface area contributed by atoms with E-state index in [1.807, 2.05) is 18.5 Å². The smallest absolute Gasteiger partial charge is 0.141 e. The highest BCUT2D eigenvalue weighted by Crippen LogP contribution is 2.18. The number of piperazine rings is 1. The topological polar surface area (TPSA) is 32.3 Å². The molecule has 0 aliphatic carbocycles. The Labute approximate surface area is 137 Å². The van der Waals surface area contributed by atoms with E-state index in [1.165, 1.54) is 17.8 Å². The van der Waals surface area contributed by atoms with Gasteiger partial charge in [-0.05, 0) is 50.1 Å². The van der Waals surface area contributed by atoms with Crippen LogP contribution in [0.15, 0.2) is 42.9 Å². The first-order valence-corrected chi connectivity index (χ1v) is 8.22. The Balaban J connectivity index is 1.47. The Morgan fingerprint density at radius 3 is 2.83 bits per heavy atom. The molecule has 122 valence electrons. The molecule has 0 bridgehead atoms. The summed E-state index contributed by atoms with van der Waals surface area (Å²) >= 11 is 0. The number of halogens is 1. The van der Waals surface area contributed by atoms with Gasteiger partial charge in [0.2, 0.25) is 0 Å². The highest BCUT2D eigenvalue weighted by molar-refractivity contribution is 5.40. The molecule has 0 radical (unpaired) electrons. The molecule has 2 aromatic heterocycles. The maximum atomic E-state index is 13.0. The van der Waals surface area contributed by atoms with Crippen LogP contribution in [0, 0.1) is 5.82 Å². The van der Waals surface area contributed by atoms with E-state index in [0.717, 1.165) is 44.8 Å². The van der Waals surface area contributed by atoms with Crippen molar-refractivity contribution in [3.05, 3.63) is 54.2 Å². The lowest BCUT2D eigenvalue weighted by molar-refractivity contribution is 0.226. The normalized spacial score (nSPS) is 19.0. The SMILES string of the molecule is CC1CN(CCCc2cccnc2)CCN1c1ccc(F)cn1. The van der Waals surface area contributed by atoms with E-state index < -0.39 is 0 Å². The summed E-state index contributed by atoms with van der Waals surface area (Å²) in [6.45, 7) is 6.29. The van der Waals surface area contributed by atoms with Crippen LogP contribution < -0.4 is 4.90 Å². The van der Waals surface area contributed by atoms with Gasteiger partial charge in [-0.25, -0.2) is 9.37 Å². The summed E-state index contributed by atoms with van der Waals surface area (Å²) in [6, 6.07) is 7.76. The summed E-state index contributed by atoms with van der Waals surface area (Å²) < 4.78 is 13.0. The molecule has 1 unspecified atom stereocenters. The lowest BCUT2D eigenvalue weighted by atomic mass is 10.1. The maximum absolute atomic E-state index is 13.0. The van der Waals surface area contributed by atoms with Crippen molar-refractivity contribution in [2.24, 2.45) is 0 Å². The number of rotatable bonds is 5. The summed E-state index contributed by atoms with van der Waals surface area (Å²) in [5.41, 5.74) is 1.30. The van der Waals surface area contributed by atoms with Crippen LogP contribution in [-0.4, -0.2) is 47.1 Å².